The van der Waals surface area contributed by atoms with Crippen molar-refractivity contribution in [3.05, 3.63) is 54.1 Å². The normalized spacial score (nSPS) is 10.3. The van der Waals surface area contributed by atoms with E-state index in [1.807, 2.05) is 0 Å². The third kappa shape index (κ3) is 1.81. The van der Waals surface area contributed by atoms with E-state index in [-0.39, 0.29) is 11.3 Å². The first-order chi connectivity index (χ1) is 7.18. The fourth-order valence-electron chi connectivity index (χ4n) is 1.42. The summed E-state index contributed by atoms with van der Waals surface area (Å²) in [5.41, 5.74) is 0.546. The van der Waals surface area contributed by atoms with Crippen LogP contribution in [0.5, 0.6) is 5.75 Å². The molecule has 2 aromatic carbocycles. The lowest BCUT2D eigenvalue weighted by Crippen LogP contribution is -1.85. The molecule has 2 aromatic rings. The van der Waals surface area contributed by atoms with Crippen molar-refractivity contribution in [3.8, 4) is 16.9 Å². The molecule has 0 bridgehead atoms. The van der Waals surface area contributed by atoms with Crippen LogP contribution in [0, 0.1) is 11.6 Å². The van der Waals surface area contributed by atoms with Gasteiger partial charge in [-0.3, -0.25) is 0 Å². The molecular weight excluding hydrogens is 198 g/mol. The minimum Gasteiger partial charge on any atom is -0.507 e. The van der Waals surface area contributed by atoms with E-state index in [1.54, 1.807) is 0 Å². The van der Waals surface area contributed by atoms with Gasteiger partial charge in [-0.15, -0.1) is 0 Å². The number of benzene rings is 2. The van der Waals surface area contributed by atoms with Crippen molar-refractivity contribution in [2.24, 2.45) is 0 Å². The number of hydrogen-bond donors (Lipinski definition) is 1. The van der Waals surface area contributed by atoms with Crippen LogP contribution in [0.15, 0.2) is 42.5 Å². The van der Waals surface area contributed by atoms with Crippen molar-refractivity contribution in [1.82, 2.24) is 0 Å². The Kier molecular flexibility index (Phi) is 2.37. The quantitative estimate of drug-likeness (QED) is 0.758. The topological polar surface area (TPSA) is 20.2 Å². The second kappa shape index (κ2) is 3.69. The largest absolute Gasteiger partial charge is 0.507 e. The van der Waals surface area contributed by atoms with Gasteiger partial charge in [0.15, 0.2) is 0 Å². The summed E-state index contributed by atoms with van der Waals surface area (Å²) in [6, 6.07) is 9.35. The summed E-state index contributed by atoms with van der Waals surface area (Å²) in [6.45, 7) is 0. The van der Waals surface area contributed by atoms with Gasteiger partial charge < -0.3 is 5.11 Å². The SMILES string of the molecule is Oc1cccc(F)c1-c1ccc(F)cc1. The molecule has 0 spiro atoms. The van der Waals surface area contributed by atoms with E-state index in [1.165, 1.54) is 42.5 Å². The second-order valence-electron chi connectivity index (χ2n) is 3.14. The summed E-state index contributed by atoms with van der Waals surface area (Å²) in [5.74, 6) is -1.07. The van der Waals surface area contributed by atoms with Gasteiger partial charge in [-0.2, -0.15) is 0 Å². The lowest BCUT2D eigenvalue weighted by Gasteiger charge is -2.05. The summed E-state index contributed by atoms with van der Waals surface area (Å²) >= 11 is 0. The van der Waals surface area contributed by atoms with E-state index in [2.05, 4.69) is 0 Å². The third-order valence-corrected chi connectivity index (χ3v) is 2.12. The molecule has 0 aromatic heterocycles. The highest BCUT2D eigenvalue weighted by Crippen LogP contribution is 2.31. The monoisotopic (exact) mass is 206 g/mol. The van der Waals surface area contributed by atoms with E-state index in [4.69, 9.17) is 0 Å². The lowest BCUT2D eigenvalue weighted by atomic mass is 10.0. The molecule has 0 heterocycles. The van der Waals surface area contributed by atoms with Gasteiger partial charge in [0.25, 0.3) is 0 Å². The fraction of sp³-hybridized carbons (Fsp3) is 0. The van der Waals surface area contributed by atoms with E-state index in [0.29, 0.717) is 5.56 Å². The smallest absolute Gasteiger partial charge is 0.134 e. The summed E-state index contributed by atoms with van der Waals surface area (Å²) < 4.78 is 26.0. The van der Waals surface area contributed by atoms with Crippen LogP contribution in [0.4, 0.5) is 8.78 Å². The van der Waals surface area contributed by atoms with E-state index >= 15 is 0 Å². The highest BCUT2D eigenvalue weighted by atomic mass is 19.1. The van der Waals surface area contributed by atoms with Crippen molar-refractivity contribution in [3.63, 3.8) is 0 Å². The van der Waals surface area contributed by atoms with Gasteiger partial charge in [-0.05, 0) is 29.8 Å². The van der Waals surface area contributed by atoms with E-state index in [9.17, 15) is 13.9 Å². The molecule has 0 saturated heterocycles. The number of rotatable bonds is 1. The van der Waals surface area contributed by atoms with Gasteiger partial charge in [-0.25, -0.2) is 8.78 Å². The maximum absolute atomic E-state index is 13.4. The zero-order valence-corrected chi connectivity index (χ0v) is 7.74. The van der Waals surface area contributed by atoms with E-state index in [0.717, 1.165) is 0 Å². The van der Waals surface area contributed by atoms with Crippen LogP contribution in [-0.2, 0) is 0 Å². The average molecular weight is 206 g/mol. The molecule has 1 N–H and O–H groups in total. The van der Waals surface area contributed by atoms with Gasteiger partial charge in [0, 0.05) is 0 Å². The van der Waals surface area contributed by atoms with Crippen molar-refractivity contribution < 1.29 is 13.9 Å². The minimum atomic E-state index is -0.526. The molecular formula is C12H8F2O. The zero-order valence-electron chi connectivity index (χ0n) is 7.74. The molecule has 76 valence electrons. The maximum atomic E-state index is 13.4. The molecule has 0 atom stereocenters. The molecule has 0 radical (unpaired) electrons. The van der Waals surface area contributed by atoms with Gasteiger partial charge in [0.2, 0.25) is 0 Å². The summed E-state index contributed by atoms with van der Waals surface area (Å²) in [7, 11) is 0. The Morgan fingerprint density at radius 2 is 1.53 bits per heavy atom. The molecule has 1 nitrogen and oxygen atoms in total. The van der Waals surface area contributed by atoms with Crippen LogP contribution in [0.25, 0.3) is 11.1 Å². The van der Waals surface area contributed by atoms with Crippen molar-refractivity contribution in [2.45, 2.75) is 0 Å². The lowest BCUT2D eigenvalue weighted by molar-refractivity contribution is 0.472. The summed E-state index contributed by atoms with van der Waals surface area (Å²) in [6.07, 6.45) is 0. The Balaban J connectivity index is 2.58. The Morgan fingerprint density at radius 1 is 0.867 bits per heavy atom. The number of hydrogen-bond acceptors (Lipinski definition) is 1. The maximum Gasteiger partial charge on any atom is 0.134 e. The van der Waals surface area contributed by atoms with Gasteiger partial charge in [0.1, 0.15) is 17.4 Å². The Labute approximate surface area is 85.6 Å². The summed E-state index contributed by atoms with van der Waals surface area (Å²) in [5, 5.41) is 9.48. The molecule has 15 heavy (non-hydrogen) atoms. The van der Waals surface area contributed by atoms with Crippen LogP contribution >= 0.6 is 0 Å². The van der Waals surface area contributed by atoms with Gasteiger partial charge >= 0.3 is 0 Å². The first-order valence-corrected chi connectivity index (χ1v) is 4.42. The Bertz CT molecular complexity index is 457. The molecule has 2 rings (SSSR count). The molecule has 0 aliphatic carbocycles. The van der Waals surface area contributed by atoms with E-state index < -0.39 is 11.6 Å². The highest BCUT2D eigenvalue weighted by molar-refractivity contribution is 5.70. The fourth-order valence-corrected chi connectivity index (χ4v) is 1.42. The van der Waals surface area contributed by atoms with Crippen LogP contribution < -0.4 is 0 Å². The minimum absolute atomic E-state index is 0.0949. The molecule has 0 unspecified atom stereocenters. The average Bonchev–Trinajstić information content (AvgIpc) is 2.20. The zero-order chi connectivity index (χ0) is 10.8. The molecule has 0 amide bonds. The molecule has 0 saturated carbocycles. The number of phenols is 1. The predicted molar refractivity (Wildman–Crippen MR) is 53.5 cm³/mol. The first-order valence-electron chi connectivity index (χ1n) is 4.42. The van der Waals surface area contributed by atoms with Crippen LogP contribution in [0.3, 0.4) is 0 Å². The second-order valence-corrected chi connectivity index (χ2v) is 3.14. The third-order valence-electron chi connectivity index (χ3n) is 2.12. The van der Waals surface area contributed by atoms with Crippen LogP contribution in [-0.4, -0.2) is 5.11 Å². The Morgan fingerprint density at radius 3 is 2.13 bits per heavy atom. The van der Waals surface area contributed by atoms with Crippen molar-refractivity contribution in [1.29, 1.82) is 0 Å². The van der Waals surface area contributed by atoms with Crippen LogP contribution in [0.1, 0.15) is 0 Å². The molecule has 3 heteroatoms. The number of halogens is 2. The predicted octanol–water partition coefficient (Wildman–Crippen LogP) is 3.34. The van der Waals surface area contributed by atoms with Gasteiger partial charge in [0.05, 0.1) is 5.56 Å². The Hall–Kier alpha value is -1.90. The number of phenolic OH excluding ortho intramolecular Hbond substituents is 1. The van der Waals surface area contributed by atoms with Gasteiger partial charge in [-0.1, -0.05) is 18.2 Å². The molecule has 0 aliphatic heterocycles. The summed E-state index contributed by atoms with van der Waals surface area (Å²) in [4.78, 5) is 0. The number of aromatic hydroxyl groups is 1. The van der Waals surface area contributed by atoms with Crippen molar-refractivity contribution >= 4 is 0 Å². The standard InChI is InChI=1S/C12H8F2O/c13-9-6-4-8(5-7-9)12-10(14)2-1-3-11(12)15/h1-7,15H. The molecule has 0 aliphatic rings. The van der Waals surface area contributed by atoms with Crippen LogP contribution in [0.2, 0.25) is 0 Å². The highest BCUT2D eigenvalue weighted by Gasteiger charge is 2.09. The van der Waals surface area contributed by atoms with Crippen molar-refractivity contribution in [2.75, 3.05) is 0 Å². The first kappa shape index (κ1) is 9.65. The molecule has 0 fully saturated rings.